The maximum absolute atomic E-state index is 12.8. The predicted molar refractivity (Wildman–Crippen MR) is 128 cm³/mol. The second-order valence-corrected chi connectivity index (χ2v) is 12.6. The third-order valence-corrected chi connectivity index (χ3v) is 9.88. The quantitative estimate of drug-likeness (QED) is 0.487. The molecule has 0 aliphatic carbocycles. The van der Waals surface area contributed by atoms with Crippen molar-refractivity contribution in [3.05, 3.63) is 59.7 Å². The van der Waals surface area contributed by atoms with Crippen LogP contribution in [-0.2, 0) is 24.8 Å². The van der Waals surface area contributed by atoms with Gasteiger partial charge in [-0.3, -0.25) is 4.79 Å². The average Bonchev–Trinajstić information content (AvgIpc) is 3.35. The molecule has 0 radical (unpaired) electrons. The van der Waals surface area contributed by atoms with Crippen LogP contribution in [0.2, 0.25) is 0 Å². The van der Waals surface area contributed by atoms with E-state index in [4.69, 9.17) is 0 Å². The summed E-state index contributed by atoms with van der Waals surface area (Å²) in [6.07, 6.45) is 2.60. The molecule has 34 heavy (non-hydrogen) atoms. The van der Waals surface area contributed by atoms with E-state index in [0.717, 1.165) is 11.3 Å². The molecule has 0 saturated carbocycles. The van der Waals surface area contributed by atoms with Gasteiger partial charge >= 0.3 is 0 Å². The minimum atomic E-state index is -3.90. The fourth-order valence-corrected chi connectivity index (χ4v) is 7.17. The first-order chi connectivity index (χ1) is 16.1. The van der Waals surface area contributed by atoms with E-state index in [0.29, 0.717) is 30.8 Å². The number of thiophene rings is 1. The summed E-state index contributed by atoms with van der Waals surface area (Å²) in [6.45, 7) is 2.19. The largest absolute Gasteiger partial charge is 0.326 e. The molecule has 2 N–H and O–H groups in total. The predicted octanol–water partition coefficient (Wildman–Crippen LogP) is 2.69. The van der Waals surface area contributed by atoms with Crippen LogP contribution < -0.4 is 10.0 Å². The summed E-state index contributed by atoms with van der Waals surface area (Å²) < 4.78 is 54.7. The van der Waals surface area contributed by atoms with Gasteiger partial charge in [0, 0.05) is 30.7 Å². The molecule has 1 aliphatic rings. The Balaban J connectivity index is 1.40. The molecule has 0 spiro atoms. The van der Waals surface area contributed by atoms with E-state index in [2.05, 4.69) is 20.0 Å². The lowest BCUT2D eigenvalue weighted by Gasteiger charge is -2.30. The number of nitrogens with zero attached hydrogens (tertiary/aromatic N) is 3. The van der Waals surface area contributed by atoms with Crippen LogP contribution in [0.5, 0.6) is 0 Å². The molecule has 1 fully saturated rings. The Bertz CT molecular complexity index is 1370. The van der Waals surface area contributed by atoms with Crippen molar-refractivity contribution in [2.75, 3.05) is 23.1 Å². The zero-order valence-electron chi connectivity index (χ0n) is 18.2. The molecule has 3 heterocycles. The first kappa shape index (κ1) is 24.3. The van der Waals surface area contributed by atoms with Crippen molar-refractivity contribution in [3.8, 4) is 0 Å². The molecule has 1 saturated heterocycles. The molecule has 13 heteroatoms. The summed E-state index contributed by atoms with van der Waals surface area (Å²) in [6, 6.07) is 10.6. The SMILES string of the molecule is Cc1ccnc(NS(=O)(=O)c2ccc(NC(=O)[C@@H]3CCCN(S(=O)(=O)c4cccs4)C3)cc2)n1. The molecule has 0 bridgehead atoms. The number of aryl methyl sites for hydroxylation is 1. The number of rotatable bonds is 7. The van der Waals surface area contributed by atoms with Crippen molar-refractivity contribution in [2.24, 2.45) is 5.92 Å². The van der Waals surface area contributed by atoms with Crippen LogP contribution in [0.15, 0.2) is 63.1 Å². The normalized spacial score (nSPS) is 17.3. The number of sulfonamides is 2. The molecule has 1 amide bonds. The van der Waals surface area contributed by atoms with Crippen molar-refractivity contribution in [3.63, 3.8) is 0 Å². The van der Waals surface area contributed by atoms with E-state index in [9.17, 15) is 21.6 Å². The van der Waals surface area contributed by atoms with E-state index in [1.807, 2.05) is 0 Å². The number of hydrogen-bond acceptors (Lipinski definition) is 8. The van der Waals surface area contributed by atoms with Gasteiger partial charge in [-0.25, -0.2) is 31.5 Å². The van der Waals surface area contributed by atoms with Gasteiger partial charge in [0.15, 0.2) is 0 Å². The zero-order chi connectivity index (χ0) is 24.3. The van der Waals surface area contributed by atoms with E-state index < -0.39 is 26.0 Å². The number of piperidine rings is 1. The number of amides is 1. The van der Waals surface area contributed by atoms with Crippen LogP contribution in [0.3, 0.4) is 0 Å². The first-order valence-corrected chi connectivity index (χ1v) is 14.2. The fourth-order valence-electron chi connectivity index (χ4n) is 3.55. The van der Waals surface area contributed by atoms with Crippen LogP contribution in [0.25, 0.3) is 0 Å². The Labute approximate surface area is 202 Å². The average molecular weight is 522 g/mol. The number of carbonyl (C=O) groups excluding carboxylic acids is 1. The Morgan fingerprint density at radius 1 is 1.12 bits per heavy atom. The Kier molecular flexibility index (Phi) is 6.98. The van der Waals surface area contributed by atoms with Crippen molar-refractivity contribution in [1.29, 1.82) is 0 Å². The van der Waals surface area contributed by atoms with Crippen molar-refractivity contribution < 1.29 is 21.6 Å². The fraction of sp³-hybridized carbons (Fsp3) is 0.286. The number of aromatic nitrogens is 2. The molecule has 0 unspecified atom stereocenters. The number of benzene rings is 1. The molecule has 180 valence electrons. The topological polar surface area (TPSA) is 138 Å². The number of nitrogens with one attached hydrogen (secondary N) is 2. The van der Waals surface area contributed by atoms with Crippen molar-refractivity contribution >= 4 is 48.9 Å². The summed E-state index contributed by atoms with van der Waals surface area (Å²) in [5.41, 5.74) is 1.03. The molecule has 10 nitrogen and oxygen atoms in total. The molecule has 1 aliphatic heterocycles. The van der Waals surface area contributed by atoms with E-state index >= 15 is 0 Å². The number of hydrogen-bond donors (Lipinski definition) is 2. The third kappa shape index (κ3) is 5.43. The highest BCUT2D eigenvalue weighted by Gasteiger charge is 2.33. The Morgan fingerprint density at radius 3 is 2.56 bits per heavy atom. The minimum absolute atomic E-state index is 0.0125. The van der Waals surface area contributed by atoms with Crippen molar-refractivity contribution in [1.82, 2.24) is 14.3 Å². The number of anilines is 2. The van der Waals surface area contributed by atoms with E-state index in [1.54, 1.807) is 30.5 Å². The van der Waals surface area contributed by atoms with Crippen LogP contribution in [-0.4, -0.2) is 50.1 Å². The van der Waals surface area contributed by atoms with Gasteiger partial charge in [0.25, 0.3) is 20.0 Å². The molecule has 4 rings (SSSR count). The van der Waals surface area contributed by atoms with Gasteiger partial charge in [-0.1, -0.05) is 6.07 Å². The first-order valence-electron chi connectivity index (χ1n) is 10.4. The van der Waals surface area contributed by atoms with Crippen LogP contribution in [0, 0.1) is 12.8 Å². The van der Waals surface area contributed by atoms with Crippen molar-refractivity contribution in [2.45, 2.75) is 28.9 Å². The molecule has 2 aromatic heterocycles. The van der Waals surface area contributed by atoms with E-state index in [-0.39, 0.29) is 27.5 Å². The highest BCUT2D eigenvalue weighted by atomic mass is 32.2. The second kappa shape index (κ2) is 9.78. The smallest absolute Gasteiger partial charge is 0.264 e. The standard InChI is InChI=1S/C21H23N5O5S3/c1-15-10-11-22-21(23-15)25-33(28,29)18-8-6-17(7-9-18)24-20(27)16-4-2-12-26(14-16)34(30,31)19-5-3-13-32-19/h3,5-11,13,16H,2,4,12,14H2,1H3,(H,24,27)(H,22,23,25)/t16-/m1/s1. The van der Waals surface area contributed by atoms with Gasteiger partial charge in [0.2, 0.25) is 11.9 Å². The summed E-state index contributed by atoms with van der Waals surface area (Å²) in [5, 5.41) is 4.46. The highest BCUT2D eigenvalue weighted by Crippen LogP contribution is 2.27. The molecule has 3 aromatic rings. The van der Waals surface area contributed by atoms with E-state index in [1.165, 1.54) is 34.8 Å². The van der Waals surface area contributed by atoms with Gasteiger partial charge in [-0.2, -0.15) is 4.31 Å². The summed E-state index contributed by atoms with van der Waals surface area (Å²) >= 11 is 1.15. The Hall–Kier alpha value is -2.87. The maximum atomic E-state index is 12.8. The van der Waals surface area contributed by atoms with Gasteiger partial charge < -0.3 is 5.32 Å². The van der Waals surface area contributed by atoms with Crippen LogP contribution in [0.4, 0.5) is 11.6 Å². The molecule has 1 atom stereocenters. The lowest BCUT2D eigenvalue weighted by Crippen LogP contribution is -2.43. The van der Waals surface area contributed by atoms with Gasteiger partial charge in [0.05, 0.1) is 10.8 Å². The summed E-state index contributed by atoms with van der Waals surface area (Å²) in [7, 11) is -7.52. The number of carbonyl (C=O) groups is 1. The van der Waals surface area contributed by atoms with Gasteiger partial charge in [-0.15, -0.1) is 11.3 Å². The third-order valence-electron chi connectivity index (χ3n) is 5.30. The van der Waals surface area contributed by atoms with Crippen LogP contribution >= 0.6 is 11.3 Å². The van der Waals surface area contributed by atoms with Gasteiger partial charge in [0.1, 0.15) is 4.21 Å². The summed E-state index contributed by atoms with van der Waals surface area (Å²) in [5.74, 6) is -0.850. The maximum Gasteiger partial charge on any atom is 0.264 e. The monoisotopic (exact) mass is 521 g/mol. The second-order valence-electron chi connectivity index (χ2n) is 7.78. The highest BCUT2D eigenvalue weighted by molar-refractivity contribution is 7.92. The summed E-state index contributed by atoms with van der Waals surface area (Å²) in [4.78, 5) is 20.7. The Morgan fingerprint density at radius 2 is 1.88 bits per heavy atom. The molecular formula is C21H23N5O5S3. The van der Waals surface area contributed by atoms with Gasteiger partial charge in [-0.05, 0) is 61.5 Å². The zero-order valence-corrected chi connectivity index (χ0v) is 20.7. The lowest BCUT2D eigenvalue weighted by molar-refractivity contribution is -0.120. The molecular weight excluding hydrogens is 498 g/mol. The lowest BCUT2D eigenvalue weighted by atomic mass is 9.99. The van der Waals surface area contributed by atoms with Crippen LogP contribution in [0.1, 0.15) is 18.5 Å². The minimum Gasteiger partial charge on any atom is -0.326 e. The molecule has 1 aromatic carbocycles.